The van der Waals surface area contributed by atoms with Crippen LogP contribution in [0.3, 0.4) is 0 Å². The smallest absolute Gasteiger partial charge is 0.243 e. The highest BCUT2D eigenvalue weighted by molar-refractivity contribution is 5.90. The molecular formula is C18H19N3O2. The summed E-state index contributed by atoms with van der Waals surface area (Å²) in [6.07, 6.45) is 4.56. The number of carbonyl (C=O) groups is 2. The second-order valence-corrected chi connectivity index (χ2v) is 5.75. The van der Waals surface area contributed by atoms with Crippen molar-refractivity contribution in [3.8, 4) is 11.1 Å². The van der Waals surface area contributed by atoms with Crippen LogP contribution in [0.15, 0.2) is 48.8 Å². The average molecular weight is 309 g/mol. The van der Waals surface area contributed by atoms with Crippen molar-refractivity contribution in [1.82, 2.24) is 15.6 Å². The Labute approximate surface area is 135 Å². The fourth-order valence-electron chi connectivity index (χ4n) is 2.71. The topological polar surface area (TPSA) is 71.1 Å². The fraction of sp³-hybridized carbons (Fsp3) is 0.278. The molecule has 1 saturated heterocycles. The second-order valence-electron chi connectivity index (χ2n) is 5.75. The molecule has 1 aliphatic rings. The zero-order chi connectivity index (χ0) is 16.2. The molecule has 0 spiro atoms. The maximum absolute atomic E-state index is 12.1. The number of carbonyl (C=O) groups excluding carboxylic acids is 2. The Bertz CT molecular complexity index is 698. The fourth-order valence-corrected chi connectivity index (χ4v) is 2.71. The van der Waals surface area contributed by atoms with E-state index in [1.807, 2.05) is 49.5 Å². The van der Waals surface area contributed by atoms with E-state index in [1.54, 1.807) is 6.20 Å². The lowest BCUT2D eigenvalue weighted by atomic mass is 10.0. The summed E-state index contributed by atoms with van der Waals surface area (Å²) in [6.45, 7) is 1.94. The molecule has 2 heterocycles. The van der Waals surface area contributed by atoms with Crippen LogP contribution in [0.2, 0.25) is 0 Å². The molecule has 1 aromatic carbocycles. The lowest BCUT2D eigenvalue weighted by molar-refractivity contribution is -0.126. The molecule has 2 N–H and O–H groups in total. The number of nitrogens with zero attached hydrogens (tertiary/aromatic N) is 1. The van der Waals surface area contributed by atoms with Crippen molar-refractivity contribution in [2.75, 3.05) is 0 Å². The Kier molecular flexibility index (Phi) is 4.37. The van der Waals surface area contributed by atoms with E-state index in [2.05, 4.69) is 15.6 Å². The van der Waals surface area contributed by atoms with Crippen LogP contribution in [0.5, 0.6) is 0 Å². The van der Waals surface area contributed by atoms with E-state index >= 15 is 0 Å². The van der Waals surface area contributed by atoms with Crippen molar-refractivity contribution < 1.29 is 9.59 Å². The van der Waals surface area contributed by atoms with Gasteiger partial charge in [-0.25, -0.2) is 0 Å². The highest BCUT2D eigenvalue weighted by atomic mass is 16.2. The minimum Gasteiger partial charge on any atom is -0.348 e. The van der Waals surface area contributed by atoms with Gasteiger partial charge in [-0.15, -0.1) is 0 Å². The third-order valence-corrected chi connectivity index (χ3v) is 4.08. The Balaban J connectivity index is 1.65. The first-order valence-corrected chi connectivity index (χ1v) is 7.73. The van der Waals surface area contributed by atoms with E-state index in [0.717, 1.165) is 16.7 Å². The van der Waals surface area contributed by atoms with Gasteiger partial charge in [0, 0.05) is 18.8 Å². The van der Waals surface area contributed by atoms with E-state index in [4.69, 9.17) is 0 Å². The van der Waals surface area contributed by atoms with Crippen molar-refractivity contribution in [2.24, 2.45) is 0 Å². The number of pyridine rings is 1. The molecule has 1 fully saturated rings. The SMILES string of the molecule is CC(NC(=O)C1CCC(=O)N1)c1ccc(-c2cccnc2)cc1. The zero-order valence-electron chi connectivity index (χ0n) is 13.0. The third kappa shape index (κ3) is 3.56. The molecule has 0 radical (unpaired) electrons. The van der Waals surface area contributed by atoms with Gasteiger partial charge in [0.25, 0.3) is 0 Å². The van der Waals surface area contributed by atoms with Crippen molar-refractivity contribution in [2.45, 2.75) is 31.8 Å². The number of benzene rings is 1. The molecule has 1 aliphatic heterocycles. The molecular weight excluding hydrogens is 290 g/mol. The molecule has 5 heteroatoms. The highest BCUT2D eigenvalue weighted by Gasteiger charge is 2.27. The standard InChI is InChI=1S/C18H19N3O2/c1-12(20-18(23)16-8-9-17(22)21-16)13-4-6-14(7-5-13)15-3-2-10-19-11-15/h2-7,10-12,16H,8-9H2,1H3,(H,20,23)(H,21,22). The molecule has 2 unspecified atom stereocenters. The Morgan fingerprint density at radius 2 is 2.04 bits per heavy atom. The van der Waals surface area contributed by atoms with Gasteiger partial charge in [0.05, 0.1) is 6.04 Å². The van der Waals surface area contributed by atoms with Crippen LogP contribution in [0.25, 0.3) is 11.1 Å². The van der Waals surface area contributed by atoms with Crippen molar-refractivity contribution in [1.29, 1.82) is 0 Å². The van der Waals surface area contributed by atoms with Gasteiger partial charge in [0.15, 0.2) is 0 Å². The number of hydrogen-bond acceptors (Lipinski definition) is 3. The first-order valence-electron chi connectivity index (χ1n) is 7.73. The molecule has 0 aliphatic carbocycles. The first kappa shape index (κ1) is 15.2. The van der Waals surface area contributed by atoms with Gasteiger partial charge in [-0.1, -0.05) is 30.3 Å². The molecule has 2 atom stereocenters. The molecule has 23 heavy (non-hydrogen) atoms. The van der Waals surface area contributed by atoms with E-state index < -0.39 is 6.04 Å². The van der Waals surface area contributed by atoms with Crippen LogP contribution in [0, 0.1) is 0 Å². The number of amides is 2. The van der Waals surface area contributed by atoms with Crippen LogP contribution in [0.1, 0.15) is 31.4 Å². The van der Waals surface area contributed by atoms with Crippen LogP contribution in [0.4, 0.5) is 0 Å². The molecule has 0 saturated carbocycles. The number of nitrogens with one attached hydrogen (secondary N) is 2. The summed E-state index contributed by atoms with van der Waals surface area (Å²) >= 11 is 0. The van der Waals surface area contributed by atoms with Crippen molar-refractivity contribution in [3.63, 3.8) is 0 Å². The Hall–Kier alpha value is -2.69. The monoisotopic (exact) mass is 309 g/mol. The lowest BCUT2D eigenvalue weighted by Crippen LogP contribution is -2.42. The number of rotatable bonds is 4. The summed E-state index contributed by atoms with van der Waals surface area (Å²) in [5.41, 5.74) is 3.17. The number of aromatic nitrogens is 1. The van der Waals surface area contributed by atoms with Gasteiger partial charge in [-0.2, -0.15) is 0 Å². The predicted molar refractivity (Wildman–Crippen MR) is 87.4 cm³/mol. The predicted octanol–water partition coefficient (Wildman–Crippen LogP) is 2.20. The van der Waals surface area contributed by atoms with Gasteiger partial charge in [-0.3, -0.25) is 14.6 Å². The van der Waals surface area contributed by atoms with Crippen molar-refractivity contribution in [3.05, 3.63) is 54.4 Å². The normalized spacial score (nSPS) is 18.3. The summed E-state index contributed by atoms with van der Waals surface area (Å²) in [7, 11) is 0. The molecule has 3 rings (SSSR count). The minimum absolute atomic E-state index is 0.0568. The molecule has 2 aromatic rings. The van der Waals surface area contributed by atoms with E-state index in [-0.39, 0.29) is 17.9 Å². The minimum atomic E-state index is -0.403. The van der Waals surface area contributed by atoms with Crippen LogP contribution in [-0.4, -0.2) is 22.8 Å². The van der Waals surface area contributed by atoms with Gasteiger partial charge < -0.3 is 10.6 Å². The van der Waals surface area contributed by atoms with Gasteiger partial charge in [0.2, 0.25) is 11.8 Å². The van der Waals surface area contributed by atoms with E-state index in [0.29, 0.717) is 12.8 Å². The highest BCUT2D eigenvalue weighted by Crippen LogP contribution is 2.21. The Morgan fingerprint density at radius 1 is 1.26 bits per heavy atom. The van der Waals surface area contributed by atoms with Crippen LogP contribution in [-0.2, 0) is 9.59 Å². The van der Waals surface area contributed by atoms with E-state index in [1.165, 1.54) is 0 Å². The summed E-state index contributed by atoms with van der Waals surface area (Å²) in [5, 5.41) is 5.64. The summed E-state index contributed by atoms with van der Waals surface area (Å²) < 4.78 is 0. The molecule has 5 nitrogen and oxygen atoms in total. The van der Waals surface area contributed by atoms with Gasteiger partial charge in [0.1, 0.15) is 6.04 Å². The van der Waals surface area contributed by atoms with Gasteiger partial charge >= 0.3 is 0 Å². The van der Waals surface area contributed by atoms with Crippen molar-refractivity contribution >= 4 is 11.8 Å². The second kappa shape index (κ2) is 6.60. The first-order chi connectivity index (χ1) is 11.1. The summed E-state index contributed by atoms with van der Waals surface area (Å²) in [5.74, 6) is -0.182. The summed E-state index contributed by atoms with van der Waals surface area (Å²) in [6, 6.07) is 11.4. The van der Waals surface area contributed by atoms with Crippen LogP contribution < -0.4 is 10.6 Å². The summed E-state index contributed by atoms with van der Waals surface area (Å²) in [4.78, 5) is 27.4. The maximum Gasteiger partial charge on any atom is 0.243 e. The molecule has 0 bridgehead atoms. The third-order valence-electron chi connectivity index (χ3n) is 4.08. The average Bonchev–Trinajstić information content (AvgIpc) is 3.02. The maximum atomic E-state index is 12.1. The largest absolute Gasteiger partial charge is 0.348 e. The molecule has 2 amide bonds. The zero-order valence-corrected chi connectivity index (χ0v) is 13.0. The van der Waals surface area contributed by atoms with Gasteiger partial charge in [-0.05, 0) is 36.1 Å². The lowest BCUT2D eigenvalue weighted by Gasteiger charge is -2.17. The molecule has 118 valence electrons. The van der Waals surface area contributed by atoms with E-state index in [9.17, 15) is 9.59 Å². The molecule has 1 aromatic heterocycles. The Morgan fingerprint density at radius 3 is 2.65 bits per heavy atom. The van der Waals surface area contributed by atoms with Crippen LogP contribution >= 0.6 is 0 Å². The number of hydrogen-bond donors (Lipinski definition) is 2. The quantitative estimate of drug-likeness (QED) is 0.909.